The third kappa shape index (κ3) is 7.25. The molecule has 1 aromatic carbocycles. The van der Waals surface area contributed by atoms with Crippen LogP contribution < -0.4 is 15.4 Å². The van der Waals surface area contributed by atoms with Gasteiger partial charge in [-0.1, -0.05) is 26.0 Å². The Labute approximate surface area is 158 Å². The van der Waals surface area contributed by atoms with Crippen LogP contribution in [0.5, 0.6) is 5.75 Å². The second kappa shape index (κ2) is 10.7. The average molecular weight is 369 g/mol. The lowest BCUT2D eigenvalue weighted by Gasteiger charge is -2.28. The van der Waals surface area contributed by atoms with Gasteiger partial charge in [0.15, 0.2) is 0 Å². The highest BCUT2D eigenvalue weighted by Crippen LogP contribution is 2.21. The third-order valence-corrected chi connectivity index (χ3v) is 4.70. The highest BCUT2D eigenvalue weighted by atomic mass is 35.5. The van der Waals surface area contributed by atoms with Gasteiger partial charge in [0.25, 0.3) is 0 Å². The lowest BCUT2D eigenvalue weighted by Crippen LogP contribution is -2.42. The fourth-order valence-electron chi connectivity index (χ4n) is 3.05. The number of carbonyl (C=O) groups excluding carboxylic acids is 1. The van der Waals surface area contributed by atoms with Crippen LogP contribution in [-0.2, 0) is 4.79 Å². The van der Waals surface area contributed by atoms with Crippen molar-refractivity contribution < 1.29 is 9.53 Å². The van der Waals surface area contributed by atoms with E-state index in [-0.39, 0.29) is 30.3 Å². The minimum absolute atomic E-state index is 0. The van der Waals surface area contributed by atoms with Gasteiger partial charge in [-0.15, -0.1) is 12.4 Å². The van der Waals surface area contributed by atoms with Crippen LogP contribution in [0.15, 0.2) is 24.3 Å². The highest BCUT2D eigenvalue weighted by molar-refractivity contribution is 5.85. The third-order valence-electron chi connectivity index (χ3n) is 4.70. The van der Waals surface area contributed by atoms with Crippen molar-refractivity contribution in [3.63, 3.8) is 0 Å². The Morgan fingerprint density at radius 2 is 1.96 bits per heavy atom. The van der Waals surface area contributed by atoms with Gasteiger partial charge < -0.3 is 15.4 Å². The van der Waals surface area contributed by atoms with Crippen molar-refractivity contribution in [1.29, 1.82) is 0 Å². The first-order valence-electron chi connectivity index (χ1n) is 9.22. The number of ether oxygens (including phenoxy) is 1. The molecule has 1 unspecified atom stereocenters. The zero-order valence-corrected chi connectivity index (χ0v) is 16.7. The number of carbonyl (C=O) groups is 1. The number of halogens is 1. The van der Waals surface area contributed by atoms with Crippen molar-refractivity contribution in [1.82, 2.24) is 10.6 Å². The van der Waals surface area contributed by atoms with E-state index in [1.165, 1.54) is 0 Å². The maximum absolute atomic E-state index is 12.4. The Bertz CT molecular complexity index is 519. The molecule has 1 aromatic rings. The molecule has 0 aliphatic carbocycles. The fourth-order valence-corrected chi connectivity index (χ4v) is 3.05. The monoisotopic (exact) mass is 368 g/mol. The molecule has 5 heteroatoms. The van der Waals surface area contributed by atoms with E-state index in [1.54, 1.807) is 0 Å². The molecule has 1 aliphatic heterocycles. The molecule has 0 saturated carbocycles. The first kappa shape index (κ1) is 21.8. The molecule has 0 bridgehead atoms. The summed E-state index contributed by atoms with van der Waals surface area (Å²) in [4.78, 5) is 12.4. The number of hydrogen-bond acceptors (Lipinski definition) is 3. The van der Waals surface area contributed by atoms with Crippen LogP contribution in [0, 0.1) is 11.8 Å². The van der Waals surface area contributed by atoms with Crippen LogP contribution in [0.4, 0.5) is 0 Å². The SMILES string of the molecule is CC(C)CCOc1ccc(C(C)NC(=O)[C@H]2CCN[C@@H](C)C2)cc1.Cl. The molecular weight excluding hydrogens is 336 g/mol. The molecule has 0 radical (unpaired) electrons. The van der Waals surface area contributed by atoms with Crippen molar-refractivity contribution in [2.45, 2.75) is 59.0 Å². The molecular formula is C20H33ClN2O2. The van der Waals surface area contributed by atoms with Gasteiger partial charge in [0.05, 0.1) is 12.6 Å². The van der Waals surface area contributed by atoms with Crippen molar-refractivity contribution in [3.05, 3.63) is 29.8 Å². The molecule has 1 saturated heterocycles. The topological polar surface area (TPSA) is 50.4 Å². The summed E-state index contributed by atoms with van der Waals surface area (Å²) in [6.45, 7) is 10.2. The van der Waals surface area contributed by atoms with Crippen LogP contribution in [0.3, 0.4) is 0 Å². The first-order valence-corrected chi connectivity index (χ1v) is 9.22. The number of benzene rings is 1. The number of hydrogen-bond donors (Lipinski definition) is 2. The molecule has 25 heavy (non-hydrogen) atoms. The van der Waals surface area contributed by atoms with Gasteiger partial charge in [-0.2, -0.15) is 0 Å². The van der Waals surface area contributed by atoms with Crippen LogP contribution >= 0.6 is 12.4 Å². The van der Waals surface area contributed by atoms with Gasteiger partial charge >= 0.3 is 0 Å². The predicted molar refractivity (Wildman–Crippen MR) is 105 cm³/mol. The number of piperidine rings is 1. The predicted octanol–water partition coefficient (Wildman–Crippen LogP) is 4.10. The van der Waals surface area contributed by atoms with Gasteiger partial charge in [0.2, 0.25) is 5.91 Å². The number of rotatable bonds is 7. The van der Waals surface area contributed by atoms with Gasteiger partial charge in [0.1, 0.15) is 5.75 Å². The van der Waals surface area contributed by atoms with Crippen molar-refractivity contribution in [2.75, 3.05) is 13.2 Å². The van der Waals surface area contributed by atoms with Gasteiger partial charge in [-0.05, 0) is 63.3 Å². The normalized spacial score (nSPS) is 21.3. The largest absolute Gasteiger partial charge is 0.494 e. The van der Waals surface area contributed by atoms with E-state index in [2.05, 4.69) is 31.4 Å². The summed E-state index contributed by atoms with van der Waals surface area (Å²) in [5.74, 6) is 1.85. The minimum atomic E-state index is 0. The molecule has 0 spiro atoms. The molecule has 2 N–H and O–H groups in total. The molecule has 1 aliphatic rings. The van der Waals surface area contributed by atoms with Gasteiger partial charge in [-0.3, -0.25) is 4.79 Å². The van der Waals surface area contributed by atoms with E-state index in [4.69, 9.17) is 4.74 Å². The van der Waals surface area contributed by atoms with Gasteiger partial charge in [-0.25, -0.2) is 0 Å². The molecule has 1 fully saturated rings. The Balaban J connectivity index is 0.00000312. The minimum Gasteiger partial charge on any atom is -0.494 e. The Morgan fingerprint density at radius 3 is 2.56 bits per heavy atom. The summed E-state index contributed by atoms with van der Waals surface area (Å²) in [7, 11) is 0. The average Bonchev–Trinajstić information content (AvgIpc) is 2.55. The van der Waals surface area contributed by atoms with Gasteiger partial charge in [0, 0.05) is 12.0 Å². The van der Waals surface area contributed by atoms with E-state index < -0.39 is 0 Å². The molecule has 3 atom stereocenters. The quantitative estimate of drug-likeness (QED) is 0.761. The summed E-state index contributed by atoms with van der Waals surface area (Å²) in [6, 6.07) is 8.51. The maximum atomic E-state index is 12.4. The second-order valence-electron chi connectivity index (χ2n) is 7.41. The standard InChI is InChI=1S/C20H32N2O2.ClH/c1-14(2)10-12-24-19-7-5-17(6-8-19)16(4)22-20(23)18-9-11-21-15(3)13-18;/h5-8,14-16,18,21H,9-13H2,1-4H3,(H,22,23);1H/t15-,16?,18-;/m0./s1. The molecule has 1 amide bonds. The van der Waals surface area contributed by atoms with Crippen LogP contribution in [0.2, 0.25) is 0 Å². The number of amides is 1. The van der Waals surface area contributed by atoms with Crippen molar-refractivity contribution in [3.8, 4) is 5.75 Å². The van der Waals surface area contributed by atoms with E-state index >= 15 is 0 Å². The maximum Gasteiger partial charge on any atom is 0.223 e. The van der Waals surface area contributed by atoms with E-state index in [0.29, 0.717) is 12.0 Å². The van der Waals surface area contributed by atoms with E-state index in [1.807, 2.05) is 31.2 Å². The zero-order chi connectivity index (χ0) is 17.5. The molecule has 142 valence electrons. The summed E-state index contributed by atoms with van der Waals surface area (Å²) >= 11 is 0. The molecule has 0 aromatic heterocycles. The number of nitrogens with one attached hydrogen (secondary N) is 2. The van der Waals surface area contributed by atoms with Crippen molar-refractivity contribution >= 4 is 18.3 Å². The lowest BCUT2D eigenvalue weighted by molar-refractivity contribution is -0.126. The lowest BCUT2D eigenvalue weighted by atomic mass is 9.92. The Hall–Kier alpha value is -1.26. The zero-order valence-electron chi connectivity index (χ0n) is 15.9. The smallest absolute Gasteiger partial charge is 0.223 e. The van der Waals surface area contributed by atoms with Crippen LogP contribution in [0.25, 0.3) is 0 Å². The van der Waals surface area contributed by atoms with Crippen LogP contribution in [0.1, 0.15) is 58.6 Å². The fraction of sp³-hybridized carbons (Fsp3) is 0.650. The molecule has 1 heterocycles. The summed E-state index contributed by atoms with van der Waals surface area (Å²) < 4.78 is 5.75. The van der Waals surface area contributed by atoms with E-state index in [9.17, 15) is 4.79 Å². The summed E-state index contributed by atoms with van der Waals surface area (Å²) in [6.07, 6.45) is 2.90. The van der Waals surface area contributed by atoms with E-state index in [0.717, 1.165) is 43.7 Å². The van der Waals surface area contributed by atoms with Crippen LogP contribution in [-0.4, -0.2) is 25.1 Å². The van der Waals surface area contributed by atoms with Crippen molar-refractivity contribution in [2.24, 2.45) is 11.8 Å². The highest BCUT2D eigenvalue weighted by Gasteiger charge is 2.25. The molecule has 2 rings (SSSR count). The molecule has 4 nitrogen and oxygen atoms in total. The Kier molecular flexibility index (Phi) is 9.30. The summed E-state index contributed by atoms with van der Waals surface area (Å²) in [5.41, 5.74) is 1.11. The Morgan fingerprint density at radius 1 is 1.28 bits per heavy atom. The summed E-state index contributed by atoms with van der Waals surface area (Å²) in [5, 5.41) is 6.54. The first-order chi connectivity index (χ1) is 11.5. The second-order valence-corrected chi connectivity index (χ2v) is 7.41.